The minimum absolute atomic E-state index is 0.0814. The van der Waals surface area contributed by atoms with Crippen molar-refractivity contribution in [2.75, 3.05) is 0 Å². The third kappa shape index (κ3) is 4.46. The van der Waals surface area contributed by atoms with Gasteiger partial charge in [-0.15, -0.1) is 11.3 Å². The molecule has 10 aromatic rings. The second-order valence-corrected chi connectivity index (χ2v) is 15.6. The van der Waals surface area contributed by atoms with Crippen LogP contribution in [0.5, 0.6) is 0 Å². The van der Waals surface area contributed by atoms with Gasteiger partial charge in [-0.25, -0.2) is 9.97 Å². The molecule has 0 aliphatic heterocycles. The Morgan fingerprint density at radius 2 is 1.15 bits per heavy atom. The number of para-hydroxylation sites is 1. The van der Waals surface area contributed by atoms with Crippen LogP contribution in [0.4, 0.5) is 0 Å². The smallest absolute Gasteiger partial charge is 0.160 e. The average molecular weight is 696 g/mol. The van der Waals surface area contributed by atoms with Gasteiger partial charge < -0.3 is 4.57 Å². The van der Waals surface area contributed by atoms with Crippen LogP contribution in [0.25, 0.3) is 92.7 Å². The summed E-state index contributed by atoms with van der Waals surface area (Å²) in [6, 6.07) is 59.1. The molecule has 0 radical (unpaired) electrons. The number of hydrogen-bond donors (Lipinski definition) is 0. The van der Waals surface area contributed by atoms with Crippen molar-refractivity contribution in [3.63, 3.8) is 0 Å². The fourth-order valence-corrected chi connectivity index (χ4v) is 9.92. The molecule has 0 N–H and O–H groups in total. The van der Waals surface area contributed by atoms with Gasteiger partial charge >= 0.3 is 0 Å². The Balaban J connectivity index is 1.18. The van der Waals surface area contributed by atoms with Crippen LogP contribution in [0, 0.1) is 0 Å². The molecule has 0 spiro atoms. The van der Waals surface area contributed by atoms with E-state index in [0.717, 1.165) is 38.2 Å². The van der Waals surface area contributed by atoms with Gasteiger partial charge in [0.1, 0.15) is 0 Å². The fraction of sp³-hybridized carbons (Fsp3) is 0.0612. The highest BCUT2D eigenvalue weighted by molar-refractivity contribution is 7.26. The van der Waals surface area contributed by atoms with Crippen LogP contribution < -0.4 is 0 Å². The van der Waals surface area contributed by atoms with Crippen molar-refractivity contribution < 1.29 is 0 Å². The Kier molecular flexibility index (Phi) is 6.47. The minimum atomic E-state index is -0.0814. The van der Waals surface area contributed by atoms with Crippen LogP contribution in [-0.2, 0) is 5.41 Å². The lowest BCUT2D eigenvalue weighted by atomic mass is 9.82. The number of nitrogens with zero attached hydrogens (tertiary/aromatic N) is 3. The first-order valence-corrected chi connectivity index (χ1v) is 19.0. The molecule has 3 aromatic heterocycles. The van der Waals surface area contributed by atoms with Crippen LogP contribution in [0.15, 0.2) is 164 Å². The van der Waals surface area contributed by atoms with E-state index in [1.165, 1.54) is 65.6 Å². The van der Waals surface area contributed by atoms with Gasteiger partial charge in [0.15, 0.2) is 5.82 Å². The Bertz CT molecular complexity index is 3060. The minimum Gasteiger partial charge on any atom is -0.309 e. The number of hydrogen-bond acceptors (Lipinski definition) is 3. The lowest BCUT2D eigenvalue weighted by molar-refractivity contribution is 0.661. The topological polar surface area (TPSA) is 30.7 Å². The monoisotopic (exact) mass is 695 g/mol. The summed E-state index contributed by atoms with van der Waals surface area (Å²) in [5.74, 6) is 0.745. The molecule has 250 valence electrons. The highest BCUT2D eigenvalue weighted by Crippen LogP contribution is 2.51. The third-order valence-corrected chi connectivity index (χ3v) is 12.4. The number of benzene rings is 7. The van der Waals surface area contributed by atoms with E-state index in [1.807, 2.05) is 18.2 Å². The van der Waals surface area contributed by atoms with Gasteiger partial charge in [-0.1, -0.05) is 141 Å². The van der Waals surface area contributed by atoms with Crippen molar-refractivity contribution in [1.82, 2.24) is 14.5 Å². The summed E-state index contributed by atoms with van der Waals surface area (Å²) < 4.78 is 4.78. The number of thiophene rings is 1. The van der Waals surface area contributed by atoms with Crippen molar-refractivity contribution in [2.45, 2.75) is 19.3 Å². The maximum Gasteiger partial charge on any atom is 0.160 e. The van der Waals surface area contributed by atoms with Crippen molar-refractivity contribution in [1.29, 1.82) is 0 Å². The van der Waals surface area contributed by atoms with Crippen molar-refractivity contribution in [3.05, 3.63) is 175 Å². The van der Waals surface area contributed by atoms with E-state index >= 15 is 0 Å². The maximum absolute atomic E-state index is 5.24. The Morgan fingerprint density at radius 1 is 0.472 bits per heavy atom. The van der Waals surface area contributed by atoms with Crippen LogP contribution in [-0.4, -0.2) is 14.5 Å². The second kappa shape index (κ2) is 11.3. The molecule has 0 atom stereocenters. The largest absolute Gasteiger partial charge is 0.309 e. The molecule has 0 saturated carbocycles. The predicted molar refractivity (Wildman–Crippen MR) is 223 cm³/mol. The van der Waals surface area contributed by atoms with Crippen molar-refractivity contribution in [2.24, 2.45) is 0 Å². The third-order valence-electron chi connectivity index (χ3n) is 11.2. The highest BCUT2D eigenvalue weighted by atomic mass is 32.1. The van der Waals surface area contributed by atoms with Gasteiger partial charge in [0.05, 0.1) is 26.9 Å². The zero-order valence-corrected chi connectivity index (χ0v) is 30.2. The summed E-state index contributed by atoms with van der Waals surface area (Å²) in [5.41, 5.74) is 15.5. The zero-order valence-electron chi connectivity index (χ0n) is 29.3. The van der Waals surface area contributed by atoms with Crippen LogP contribution in [0.3, 0.4) is 0 Å². The molecule has 0 unspecified atom stereocenters. The quantitative estimate of drug-likeness (QED) is 0.183. The first-order chi connectivity index (χ1) is 26.0. The van der Waals surface area contributed by atoms with Gasteiger partial charge in [-0.05, 0) is 69.8 Å². The van der Waals surface area contributed by atoms with E-state index in [-0.39, 0.29) is 5.41 Å². The molecule has 53 heavy (non-hydrogen) atoms. The molecule has 0 saturated heterocycles. The van der Waals surface area contributed by atoms with Gasteiger partial charge in [0.2, 0.25) is 0 Å². The lowest BCUT2D eigenvalue weighted by Crippen LogP contribution is -2.14. The van der Waals surface area contributed by atoms with E-state index in [0.29, 0.717) is 0 Å². The summed E-state index contributed by atoms with van der Waals surface area (Å²) in [6.45, 7) is 4.72. The molecular weight excluding hydrogens is 663 g/mol. The summed E-state index contributed by atoms with van der Waals surface area (Å²) in [5, 5.41) is 3.67. The molecular formula is C49H33N3S. The van der Waals surface area contributed by atoms with Crippen molar-refractivity contribution in [3.8, 4) is 50.6 Å². The van der Waals surface area contributed by atoms with E-state index in [2.05, 4.69) is 164 Å². The SMILES string of the molecule is CC1(C)c2ccccc2-c2cc3c4cc(-c5cccc6c5sc5c(-c7ccccc7)nc(-c7ccccc7)nc56)ccc4n(-c4ccccc4)c3cc21. The molecule has 0 amide bonds. The molecule has 1 aliphatic rings. The standard InChI is InChI=1S/C49H33N3S/c1-49(2)40-24-13-12-21-35(40)37-28-39-38-27-32(25-26-42(38)52(43(39)29-41(37)49)33-19-10-5-11-20-33)34-22-14-23-36-45-47(53-46(34)36)44(30-15-6-3-7-16-30)50-48(51-45)31-17-8-4-9-18-31/h3-29H,1-2H3. The van der Waals surface area contributed by atoms with Crippen LogP contribution >= 0.6 is 11.3 Å². The normalized spacial score (nSPS) is 13.2. The molecule has 0 bridgehead atoms. The first-order valence-electron chi connectivity index (χ1n) is 18.2. The zero-order chi connectivity index (χ0) is 35.3. The fourth-order valence-electron chi connectivity index (χ4n) is 8.64. The number of aromatic nitrogens is 3. The second-order valence-electron chi connectivity index (χ2n) is 14.6. The average Bonchev–Trinajstić information content (AvgIpc) is 3.83. The Morgan fingerprint density at radius 3 is 1.94 bits per heavy atom. The molecule has 3 nitrogen and oxygen atoms in total. The lowest BCUT2D eigenvalue weighted by Gasteiger charge is -2.21. The summed E-state index contributed by atoms with van der Waals surface area (Å²) in [6.07, 6.45) is 0. The molecule has 7 aromatic carbocycles. The highest BCUT2D eigenvalue weighted by Gasteiger charge is 2.36. The predicted octanol–water partition coefficient (Wildman–Crippen LogP) is 13.2. The van der Waals surface area contributed by atoms with E-state index < -0.39 is 0 Å². The molecule has 1 aliphatic carbocycles. The number of rotatable bonds is 4. The maximum atomic E-state index is 5.24. The summed E-state index contributed by atoms with van der Waals surface area (Å²) in [4.78, 5) is 10.4. The van der Waals surface area contributed by atoms with Gasteiger partial charge in [-0.3, -0.25) is 0 Å². The van der Waals surface area contributed by atoms with Crippen LogP contribution in [0.1, 0.15) is 25.0 Å². The van der Waals surface area contributed by atoms with E-state index in [9.17, 15) is 0 Å². The summed E-state index contributed by atoms with van der Waals surface area (Å²) >= 11 is 1.80. The Labute approximate surface area is 311 Å². The molecule has 0 fully saturated rings. The van der Waals surface area contributed by atoms with Gasteiger partial charge in [0.25, 0.3) is 0 Å². The number of fused-ring (bicyclic) bond motifs is 9. The molecule has 11 rings (SSSR count). The molecule has 4 heteroatoms. The van der Waals surface area contributed by atoms with Crippen LogP contribution in [0.2, 0.25) is 0 Å². The van der Waals surface area contributed by atoms with E-state index in [4.69, 9.17) is 9.97 Å². The van der Waals surface area contributed by atoms with Gasteiger partial charge in [-0.2, -0.15) is 0 Å². The van der Waals surface area contributed by atoms with Gasteiger partial charge in [0, 0.05) is 43.1 Å². The van der Waals surface area contributed by atoms with Crippen molar-refractivity contribution >= 4 is 53.4 Å². The van der Waals surface area contributed by atoms with E-state index in [1.54, 1.807) is 11.3 Å². The summed E-state index contributed by atoms with van der Waals surface area (Å²) in [7, 11) is 0. The Hall–Kier alpha value is -6.36. The first kappa shape index (κ1) is 30.3. The molecule has 3 heterocycles.